The number of aromatic nitrogens is 1. The monoisotopic (exact) mass is 278 g/mol. The van der Waals surface area contributed by atoms with Crippen LogP contribution in [0.3, 0.4) is 0 Å². The van der Waals surface area contributed by atoms with E-state index in [0.717, 1.165) is 17.0 Å². The predicted octanol–water partition coefficient (Wildman–Crippen LogP) is 4.25. The minimum atomic E-state index is 0.784. The molecule has 106 valence electrons. The molecule has 3 rings (SSSR count). The lowest BCUT2D eigenvalue weighted by molar-refractivity contribution is 0.416. The summed E-state index contributed by atoms with van der Waals surface area (Å²) in [6, 6.07) is 16.2. The molecule has 1 heterocycles. The quantitative estimate of drug-likeness (QED) is 0.658. The van der Waals surface area contributed by atoms with E-state index in [4.69, 9.17) is 4.74 Å². The number of hydrogen-bond donors (Lipinski definition) is 0. The number of fused-ring (bicyclic) bond motifs is 1. The molecule has 21 heavy (non-hydrogen) atoms. The lowest BCUT2D eigenvalue weighted by Gasteiger charge is -2.03. The van der Waals surface area contributed by atoms with Gasteiger partial charge >= 0.3 is 0 Å². The molecule has 0 fully saturated rings. The van der Waals surface area contributed by atoms with Crippen molar-refractivity contribution in [2.75, 3.05) is 7.11 Å². The summed E-state index contributed by atoms with van der Waals surface area (Å²) in [5.74, 6) is 0.784. The third-order valence-corrected chi connectivity index (χ3v) is 3.87. The fraction of sp³-hybridized carbons (Fsp3) is 0.167. The summed E-state index contributed by atoms with van der Waals surface area (Å²) in [5, 5.41) is 1.22. The highest BCUT2D eigenvalue weighted by Crippen LogP contribution is 2.28. The molecule has 2 aromatic carbocycles. The molecule has 0 amide bonds. The van der Waals surface area contributed by atoms with Crippen LogP contribution in [0.15, 0.2) is 53.5 Å². The Bertz CT molecular complexity index is 815. The minimum Gasteiger partial charge on any atom is -0.494 e. The van der Waals surface area contributed by atoms with Gasteiger partial charge in [0, 0.05) is 35.4 Å². The molecular formula is C18H18N2O. The van der Waals surface area contributed by atoms with Crippen molar-refractivity contribution in [2.45, 2.75) is 6.92 Å². The average molecular weight is 278 g/mol. The Morgan fingerprint density at radius 2 is 1.76 bits per heavy atom. The summed E-state index contributed by atoms with van der Waals surface area (Å²) in [7, 11) is 3.75. The molecular weight excluding hydrogens is 260 g/mol. The highest BCUT2D eigenvalue weighted by atomic mass is 16.5. The number of para-hydroxylation sites is 3. The van der Waals surface area contributed by atoms with Gasteiger partial charge in [-0.25, -0.2) is 0 Å². The van der Waals surface area contributed by atoms with Crippen LogP contribution in [-0.2, 0) is 7.05 Å². The second-order valence-corrected chi connectivity index (χ2v) is 5.01. The maximum atomic E-state index is 5.34. The Morgan fingerprint density at radius 1 is 1.05 bits per heavy atom. The summed E-state index contributed by atoms with van der Waals surface area (Å²) in [6.07, 6.45) is 1.93. The van der Waals surface area contributed by atoms with Crippen LogP contribution in [0, 0.1) is 6.92 Å². The molecule has 0 spiro atoms. The van der Waals surface area contributed by atoms with Crippen molar-refractivity contribution in [2.24, 2.45) is 12.0 Å². The van der Waals surface area contributed by atoms with Crippen LogP contribution < -0.4 is 4.74 Å². The first-order valence-electron chi connectivity index (χ1n) is 6.93. The second-order valence-electron chi connectivity index (χ2n) is 5.01. The van der Waals surface area contributed by atoms with Gasteiger partial charge in [0.05, 0.1) is 7.11 Å². The molecule has 0 N–H and O–H groups in total. The Balaban J connectivity index is 2.10. The first-order chi connectivity index (χ1) is 10.2. The summed E-state index contributed by atoms with van der Waals surface area (Å²) < 4.78 is 7.53. The predicted molar refractivity (Wildman–Crippen MR) is 87.9 cm³/mol. The van der Waals surface area contributed by atoms with Crippen molar-refractivity contribution >= 4 is 22.8 Å². The van der Waals surface area contributed by atoms with Crippen molar-refractivity contribution in [1.29, 1.82) is 0 Å². The summed E-state index contributed by atoms with van der Waals surface area (Å²) in [4.78, 5) is 4.61. The Kier molecular flexibility index (Phi) is 3.48. The smallest absolute Gasteiger partial charge is 0.144 e. The molecule has 0 aliphatic heterocycles. The summed E-state index contributed by atoms with van der Waals surface area (Å²) in [6.45, 7) is 2.11. The second kappa shape index (κ2) is 5.44. The molecule has 3 heteroatoms. The molecule has 3 nitrogen and oxygen atoms in total. The molecule has 0 bridgehead atoms. The SMILES string of the molecule is COc1ccccc1N=Cc1c(C)n(C)c2ccccc12. The lowest BCUT2D eigenvalue weighted by atomic mass is 10.1. The van der Waals surface area contributed by atoms with Gasteiger partial charge in [0.2, 0.25) is 0 Å². The number of aryl methyl sites for hydroxylation is 1. The van der Waals surface area contributed by atoms with Gasteiger partial charge in [-0.1, -0.05) is 30.3 Å². The zero-order valence-corrected chi connectivity index (χ0v) is 12.5. The van der Waals surface area contributed by atoms with Gasteiger partial charge in [0.1, 0.15) is 11.4 Å². The average Bonchev–Trinajstić information content (AvgIpc) is 2.78. The molecule has 0 radical (unpaired) electrons. The van der Waals surface area contributed by atoms with E-state index in [-0.39, 0.29) is 0 Å². The number of ether oxygens (including phenoxy) is 1. The number of nitrogens with zero attached hydrogens (tertiary/aromatic N) is 2. The molecule has 0 unspecified atom stereocenters. The molecule has 0 aliphatic rings. The van der Waals surface area contributed by atoms with Gasteiger partial charge in [0.25, 0.3) is 0 Å². The minimum absolute atomic E-state index is 0.784. The molecule has 0 aliphatic carbocycles. The van der Waals surface area contributed by atoms with E-state index < -0.39 is 0 Å². The maximum absolute atomic E-state index is 5.34. The van der Waals surface area contributed by atoms with Crippen LogP contribution >= 0.6 is 0 Å². The van der Waals surface area contributed by atoms with Crippen LogP contribution in [0.25, 0.3) is 10.9 Å². The van der Waals surface area contributed by atoms with E-state index in [1.54, 1.807) is 7.11 Å². The first kappa shape index (κ1) is 13.4. The zero-order valence-electron chi connectivity index (χ0n) is 12.5. The van der Waals surface area contributed by atoms with Gasteiger partial charge < -0.3 is 9.30 Å². The van der Waals surface area contributed by atoms with E-state index in [0.29, 0.717) is 0 Å². The van der Waals surface area contributed by atoms with Crippen LogP contribution in [0.2, 0.25) is 0 Å². The third kappa shape index (κ3) is 2.31. The van der Waals surface area contributed by atoms with E-state index in [9.17, 15) is 0 Å². The molecule has 3 aromatic rings. The zero-order chi connectivity index (χ0) is 14.8. The number of methoxy groups -OCH3 is 1. The molecule has 0 saturated carbocycles. The van der Waals surface area contributed by atoms with Crippen molar-refractivity contribution < 1.29 is 4.74 Å². The largest absolute Gasteiger partial charge is 0.494 e. The highest BCUT2D eigenvalue weighted by Gasteiger charge is 2.09. The van der Waals surface area contributed by atoms with Gasteiger partial charge in [0.15, 0.2) is 0 Å². The van der Waals surface area contributed by atoms with Gasteiger partial charge in [-0.2, -0.15) is 0 Å². The van der Waals surface area contributed by atoms with Crippen molar-refractivity contribution in [1.82, 2.24) is 4.57 Å². The fourth-order valence-electron chi connectivity index (χ4n) is 2.58. The Morgan fingerprint density at radius 3 is 2.57 bits per heavy atom. The van der Waals surface area contributed by atoms with Crippen LogP contribution in [0.5, 0.6) is 5.75 Å². The van der Waals surface area contributed by atoms with E-state index >= 15 is 0 Å². The van der Waals surface area contributed by atoms with E-state index in [2.05, 4.69) is 47.8 Å². The standard InChI is InChI=1S/C18H18N2O/c1-13-15(14-8-4-6-10-17(14)20(13)2)12-19-16-9-5-7-11-18(16)21-3/h4-12H,1-3H3. The van der Waals surface area contributed by atoms with Crippen molar-refractivity contribution in [3.05, 3.63) is 59.8 Å². The number of hydrogen-bond acceptors (Lipinski definition) is 2. The topological polar surface area (TPSA) is 26.5 Å². The fourth-order valence-corrected chi connectivity index (χ4v) is 2.58. The number of benzene rings is 2. The maximum Gasteiger partial charge on any atom is 0.144 e. The lowest BCUT2D eigenvalue weighted by Crippen LogP contribution is -1.91. The van der Waals surface area contributed by atoms with Gasteiger partial charge in [-0.15, -0.1) is 0 Å². The number of rotatable bonds is 3. The van der Waals surface area contributed by atoms with E-state index in [1.165, 1.54) is 16.6 Å². The third-order valence-electron chi connectivity index (χ3n) is 3.87. The molecule has 0 atom stereocenters. The van der Waals surface area contributed by atoms with Crippen molar-refractivity contribution in [3.63, 3.8) is 0 Å². The van der Waals surface area contributed by atoms with Crippen LogP contribution in [0.1, 0.15) is 11.3 Å². The van der Waals surface area contributed by atoms with Crippen LogP contribution in [-0.4, -0.2) is 17.9 Å². The first-order valence-corrected chi connectivity index (χ1v) is 6.93. The van der Waals surface area contributed by atoms with Gasteiger partial charge in [-0.05, 0) is 25.1 Å². The number of aliphatic imine (C=N–C) groups is 1. The molecule has 0 saturated heterocycles. The summed E-state index contributed by atoms with van der Waals surface area (Å²) in [5.41, 5.74) is 4.41. The highest BCUT2D eigenvalue weighted by molar-refractivity contribution is 6.01. The van der Waals surface area contributed by atoms with Crippen LogP contribution in [0.4, 0.5) is 5.69 Å². The summed E-state index contributed by atoms with van der Waals surface area (Å²) >= 11 is 0. The Hall–Kier alpha value is -2.55. The normalized spacial score (nSPS) is 11.4. The van der Waals surface area contributed by atoms with E-state index in [1.807, 2.05) is 30.5 Å². The van der Waals surface area contributed by atoms with Gasteiger partial charge in [-0.3, -0.25) is 4.99 Å². The Labute approximate surface area is 124 Å². The molecule has 1 aromatic heterocycles. The van der Waals surface area contributed by atoms with Crippen molar-refractivity contribution in [3.8, 4) is 5.75 Å².